The number of hydrogen-bond acceptors (Lipinski definition) is 4. The number of hydrogen-bond donors (Lipinski definition) is 2. The van der Waals surface area contributed by atoms with Crippen LogP contribution in [0.3, 0.4) is 0 Å². The van der Waals surface area contributed by atoms with Crippen LogP contribution in [0, 0.1) is 13.8 Å². The summed E-state index contributed by atoms with van der Waals surface area (Å²) >= 11 is 1.84. The number of carboxylic acid groups (broad SMARTS) is 1. The normalized spacial score (nSPS) is 13.6. The van der Waals surface area contributed by atoms with Crippen LogP contribution in [0.1, 0.15) is 46.5 Å². The van der Waals surface area contributed by atoms with E-state index in [1.54, 1.807) is 0 Å². The highest BCUT2D eigenvalue weighted by molar-refractivity contribution is 7.19. The topological polar surface area (TPSA) is 62.2 Å². The molecule has 0 bridgehead atoms. The number of carboxylic acids is 1. The first kappa shape index (κ1) is 19.1. The molecule has 4 nitrogen and oxygen atoms in total. The van der Waals surface area contributed by atoms with Crippen LogP contribution >= 0.6 is 11.3 Å². The van der Waals surface area contributed by atoms with Crippen molar-refractivity contribution < 1.29 is 9.90 Å². The molecule has 28 heavy (non-hydrogen) atoms. The van der Waals surface area contributed by atoms with Gasteiger partial charge < -0.3 is 10.4 Å². The monoisotopic (exact) mass is 394 g/mol. The zero-order valence-electron chi connectivity index (χ0n) is 16.5. The summed E-state index contributed by atoms with van der Waals surface area (Å²) in [4.78, 5) is 18.4. The van der Waals surface area contributed by atoms with Gasteiger partial charge in [0.15, 0.2) is 0 Å². The van der Waals surface area contributed by atoms with Gasteiger partial charge in [-0.2, -0.15) is 0 Å². The Bertz CT molecular complexity index is 1020. The molecule has 3 heterocycles. The molecule has 0 aliphatic carbocycles. The fourth-order valence-electron chi connectivity index (χ4n) is 4.11. The number of nitrogens with zero attached hydrogens (tertiary/aromatic N) is 1. The van der Waals surface area contributed by atoms with Crippen LogP contribution in [0.4, 0.5) is 0 Å². The van der Waals surface area contributed by atoms with Crippen molar-refractivity contribution in [3.63, 3.8) is 0 Å². The molecule has 1 aromatic carbocycles. The van der Waals surface area contributed by atoms with Crippen LogP contribution in [0.2, 0.25) is 0 Å². The summed E-state index contributed by atoms with van der Waals surface area (Å²) in [6, 6.07) is 8.76. The predicted octanol–water partition coefficient (Wildman–Crippen LogP) is 5.02. The average Bonchev–Trinajstić information content (AvgIpc) is 3.03. The van der Waals surface area contributed by atoms with E-state index in [2.05, 4.69) is 43.4 Å². The van der Waals surface area contributed by atoms with E-state index in [1.807, 2.05) is 11.3 Å². The van der Waals surface area contributed by atoms with E-state index < -0.39 is 5.97 Å². The quantitative estimate of drug-likeness (QED) is 0.576. The molecule has 146 valence electrons. The number of fused-ring (bicyclic) bond motifs is 3. The molecule has 2 aromatic heterocycles. The Kier molecular flexibility index (Phi) is 5.47. The average molecular weight is 395 g/mol. The number of rotatable bonds is 6. The summed E-state index contributed by atoms with van der Waals surface area (Å²) in [7, 11) is 0. The third kappa shape index (κ3) is 3.69. The van der Waals surface area contributed by atoms with E-state index in [1.165, 1.54) is 38.1 Å². The zero-order chi connectivity index (χ0) is 19.7. The lowest BCUT2D eigenvalue weighted by molar-refractivity contribution is -0.137. The fourth-order valence-corrected chi connectivity index (χ4v) is 5.36. The van der Waals surface area contributed by atoms with Crippen molar-refractivity contribution in [3.8, 4) is 11.1 Å². The maximum atomic E-state index is 10.9. The van der Waals surface area contributed by atoms with Gasteiger partial charge >= 0.3 is 5.97 Å². The summed E-state index contributed by atoms with van der Waals surface area (Å²) in [6.45, 7) is 6.14. The van der Waals surface area contributed by atoms with Gasteiger partial charge in [0.05, 0.1) is 0 Å². The van der Waals surface area contributed by atoms with E-state index >= 15 is 0 Å². The molecule has 0 atom stereocenters. The van der Waals surface area contributed by atoms with Gasteiger partial charge in [-0.05, 0) is 61.8 Å². The van der Waals surface area contributed by atoms with Crippen LogP contribution in [0.25, 0.3) is 21.3 Å². The second-order valence-electron chi connectivity index (χ2n) is 7.63. The molecule has 1 aliphatic heterocycles. The molecule has 0 radical (unpaired) electrons. The third-order valence-electron chi connectivity index (χ3n) is 5.57. The number of nitrogens with one attached hydrogen (secondary N) is 1. The lowest BCUT2D eigenvalue weighted by Crippen LogP contribution is -2.22. The summed E-state index contributed by atoms with van der Waals surface area (Å²) in [5.41, 5.74) is 7.54. The summed E-state index contributed by atoms with van der Waals surface area (Å²) in [6.07, 6.45) is 3.72. The Balaban J connectivity index is 1.86. The van der Waals surface area contributed by atoms with Crippen molar-refractivity contribution in [1.82, 2.24) is 10.3 Å². The number of aromatic nitrogens is 1. The molecule has 3 aromatic rings. The highest BCUT2D eigenvalue weighted by atomic mass is 32.1. The number of carbonyl (C=O) groups is 1. The van der Waals surface area contributed by atoms with E-state index in [4.69, 9.17) is 10.1 Å². The molecular weight excluding hydrogens is 368 g/mol. The van der Waals surface area contributed by atoms with Gasteiger partial charge in [-0.1, -0.05) is 29.8 Å². The number of thiophene rings is 1. The van der Waals surface area contributed by atoms with E-state index in [-0.39, 0.29) is 6.42 Å². The maximum absolute atomic E-state index is 10.9. The van der Waals surface area contributed by atoms with E-state index in [0.29, 0.717) is 6.42 Å². The van der Waals surface area contributed by atoms with Gasteiger partial charge in [0.1, 0.15) is 4.83 Å². The zero-order valence-corrected chi connectivity index (χ0v) is 17.3. The highest BCUT2D eigenvalue weighted by Gasteiger charge is 2.23. The third-order valence-corrected chi connectivity index (χ3v) is 6.75. The Hall–Kier alpha value is -2.24. The number of unbranched alkanes of at least 4 members (excludes halogenated alkanes) is 1. The number of aliphatic carboxylic acids is 1. The Labute approximate surface area is 169 Å². The van der Waals surface area contributed by atoms with Crippen molar-refractivity contribution >= 4 is 27.5 Å². The molecule has 2 N–H and O–H groups in total. The first-order valence-corrected chi connectivity index (χ1v) is 10.8. The van der Waals surface area contributed by atoms with Gasteiger partial charge in [0.2, 0.25) is 0 Å². The second kappa shape index (κ2) is 8.02. The van der Waals surface area contributed by atoms with E-state index in [0.717, 1.165) is 42.9 Å². The van der Waals surface area contributed by atoms with Crippen LogP contribution in [0.15, 0.2) is 24.3 Å². The predicted molar refractivity (Wildman–Crippen MR) is 115 cm³/mol. The lowest BCUT2D eigenvalue weighted by atomic mass is 9.90. The van der Waals surface area contributed by atoms with Gasteiger partial charge in [-0.25, -0.2) is 4.98 Å². The van der Waals surface area contributed by atoms with Crippen LogP contribution < -0.4 is 5.32 Å². The summed E-state index contributed by atoms with van der Waals surface area (Å²) in [5, 5.41) is 13.8. The van der Waals surface area contributed by atoms with Crippen LogP contribution in [-0.2, 0) is 24.2 Å². The first-order valence-electron chi connectivity index (χ1n) is 9.98. The Morgan fingerprint density at radius 1 is 1.21 bits per heavy atom. The minimum Gasteiger partial charge on any atom is -0.481 e. The van der Waals surface area contributed by atoms with Crippen molar-refractivity contribution in [2.24, 2.45) is 0 Å². The first-order chi connectivity index (χ1) is 13.5. The Morgan fingerprint density at radius 3 is 2.75 bits per heavy atom. The van der Waals surface area contributed by atoms with Crippen molar-refractivity contribution in [3.05, 3.63) is 51.5 Å². The summed E-state index contributed by atoms with van der Waals surface area (Å²) < 4.78 is 0. The lowest BCUT2D eigenvalue weighted by Gasteiger charge is -2.18. The maximum Gasteiger partial charge on any atom is 0.303 e. The van der Waals surface area contributed by atoms with Gasteiger partial charge in [-0.3, -0.25) is 4.79 Å². The standard InChI is InChI=1S/C23H26N2O2S/c1-14-7-9-16(10-8-14)21-17(5-3-4-6-20(26)27)15(2)25-23-22(21)18-13-24-12-11-19(18)28-23/h7-10,24H,3-6,11-13H2,1-2H3,(H,26,27). The molecular formula is C23H26N2O2S. The number of aryl methyl sites for hydroxylation is 2. The van der Waals surface area contributed by atoms with Gasteiger partial charge in [-0.15, -0.1) is 11.3 Å². The second-order valence-corrected chi connectivity index (χ2v) is 8.71. The van der Waals surface area contributed by atoms with Crippen LogP contribution in [-0.4, -0.2) is 22.6 Å². The summed E-state index contributed by atoms with van der Waals surface area (Å²) in [5.74, 6) is -0.720. The number of pyridine rings is 1. The van der Waals surface area contributed by atoms with Crippen LogP contribution in [0.5, 0.6) is 0 Å². The molecule has 0 amide bonds. The minimum absolute atomic E-state index is 0.229. The minimum atomic E-state index is -0.720. The molecule has 0 unspecified atom stereocenters. The number of benzene rings is 1. The smallest absolute Gasteiger partial charge is 0.303 e. The Morgan fingerprint density at radius 2 is 2.00 bits per heavy atom. The van der Waals surface area contributed by atoms with E-state index in [9.17, 15) is 4.79 Å². The highest BCUT2D eigenvalue weighted by Crippen LogP contribution is 2.41. The molecule has 4 rings (SSSR count). The molecule has 0 saturated heterocycles. The van der Waals surface area contributed by atoms with Gasteiger partial charge in [0.25, 0.3) is 0 Å². The van der Waals surface area contributed by atoms with Crippen molar-refractivity contribution in [2.75, 3.05) is 6.54 Å². The molecule has 0 fully saturated rings. The van der Waals surface area contributed by atoms with Crippen molar-refractivity contribution in [1.29, 1.82) is 0 Å². The molecule has 5 heteroatoms. The SMILES string of the molecule is Cc1ccc(-c2c(CCCCC(=O)O)c(C)nc3sc4c(c23)CNCC4)cc1. The fraction of sp³-hybridized carbons (Fsp3) is 0.391. The largest absolute Gasteiger partial charge is 0.481 e. The molecule has 1 aliphatic rings. The molecule has 0 saturated carbocycles. The molecule has 0 spiro atoms. The van der Waals surface area contributed by atoms with Gasteiger partial charge in [0, 0.05) is 35.5 Å². The van der Waals surface area contributed by atoms with Crippen molar-refractivity contribution in [2.45, 2.75) is 52.5 Å².